The monoisotopic (exact) mass is 361 g/mol. The van der Waals surface area contributed by atoms with E-state index in [0.717, 1.165) is 16.8 Å². The van der Waals surface area contributed by atoms with Crippen molar-refractivity contribution >= 4 is 33.8 Å². The zero-order chi connectivity index (χ0) is 18.4. The van der Waals surface area contributed by atoms with Gasteiger partial charge in [0, 0.05) is 10.9 Å². The Morgan fingerprint density at radius 3 is 2.58 bits per heavy atom. The first-order chi connectivity index (χ1) is 12.7. The maximum atomic E-state index is 12.2. The number of thiazole rings is 1. The lowest BCUT2D eigenvalue weighted by atomic mass is 10.2. The minimum atomic E-state index is -0.610. The summed E-state index contributed by atoms with van der Waals surface area (Å²) < 4.78 is 0. The Morgan fingerprint density at radius 1 is 1.15 bits per heavy atom. The fourth-order valence-electron chi connectivity index (χ4n) is 2.10. The molecule has 0 aliphatic carbocycles. The second-order valence-electron chi connectivity index (χ2n) is 5.41. The molecule has 0 aliphatic rings. The van der Waals surface area contributed by atoms with Crippen molar-refractivity contribution in [3.63, 3.8) is 0 Å². The van der Waals surface area contributed by atoms with E-state index in [1.807, 2.05) is 66.9 Å². The number of benzene rings is 2. The molecule has 0 unspecified atom stereocenters. The molecule has 3 aromatic rings. The molecule has 0 spiro atoms. The number of aryl methyl sites for hydroxylation is 1. The minimum absolute atomic E-state index is 0.276. The van der Waals surface area contributed by atoms with Gasteiger partial charge in [0.15, 0.2) is 5.13 Å². The van der Waals surface area contributed by atoms with Crippen molar-refractivity contribution in [2.45, 2.75) is 6.92 Å². The van der Waals surface area contributed by atoms with Crippen LogP contribution in [0.1, 0.15) is 5.56 Å². The van der Waals surface area contributed by atoms with Crippen LogP contribution in [0.5, 0.6) is 0 Å². The number of amides is 1. The molecule has 0 aliphatic heterocycles. The van der Waals surface area contributed by atoms with Gasteiger partial charge in [-0.05, 0) is 19.1 Å². The number of nitrogens with one attached hydrogen (secondary N) is 2. The van der Waals surface area contributed by atoms with Gasteiger partial charge in [-0.3, -0.25) is 15.5 Å². The molecule has 0 radical (unpaired) electrons. The van der Waals surface area contributed by atoms with E-state index in [-0.39, 0.29) is 5.71 Å². The van der Waals surface area contributed by atoms with Crippen LogP contribution in [0, 0.1) is 18.3 Å². The molecule has 26 heavy (non-hydrogen) atoms. The highest BCUT2D eigenvalue weighted by Crippen LogP contribution is 2.24. The number of hydrogen-bond donors (Lipinski definition) is 2. The van der Waals surface area contributed by atoms with Gasteiger partial charge in [-0.15, -0.1) is 11.3 Å². The van der Waals surface area contributed by atoms with Crippen molar-refractivity contribution < 1.29 is 4.79 Å². The lowest BCUT2D eigenvalue weighted by Crippen LogP contribution is -2.22. The Bertz CT molecular complexity index is 971. The SMILES string of the molecule is Cc1ccc(N/N=C(\C#N)C(=O)Nc2nc(-c3ccccc3)cs2)cc1. The Labute approximate surface area is 154 Å². The molecule has 1 heterocycles. The lowest BCUT2D eigenvalue weighted by Gasteiger charge is -2.02. The topological polar surface area (TPSA) is 90.2 Å². The number of rotatable bonds is 5. The van der Waals surface area contributed by atoms with E-state index in [9.17, 15) is 10.1 Å². The number of carbonyl (C=O) groups excluding carboxylic acids is 1. The summed E-state index contributed by atoms with van der Waals surface area (Å²) in [6, 6.07) is 18.9. The largest absolute Gasteiger partial charge is 0.296 e. The summed E-state index contributed by atoms with van der Waals surface area (Å²) in [5.41, 5.74) is 5.95. The van der Waals surface area contributed by atoms with Crippen molar-refractivity contribution in [2.75, 3.05) is 10.7 Å². The average molecular weight is 361 g/mol. The molecule has 3 rings (SSSR count). The quantitative estimate of drug-likeness (QED) is 0.530. The van der Waals surface area contributed by atoms with Crippen LogP contribution < -0.4 is 10.7 Å². The smallest absolute Gasteiger partial charge is 0.288 e. The molecule has 2 N–H and O–H groups in total. The molecule has 0 atom stereocenters. The Kier molecular flexibility index (Phi) is 5.37. The van der Waals surface area contributed by atoms with Crippen LogP contribution in [0.4, 0.5) is 10.8 Å². The van der Waals surface area contributed by atoms with Gasteiger partial charge in [0.25, 0.3) is 5.91 Å². The molecule has 0 saturated carbocycles. The number of nitrogens with zero attached hydrogens (tertiary/aromatic N) is 3. The van der Waals surface area contributed by atoms with Crippen molar-refractivity contribution in [3.8, 4) is 17.3 Å². The van der Waals surface area contributed by atoms with E-state index in [4.69, 9.17) is 0 Å². The molecular weight excluding hydrogens is 346 g/mol. The molecule has 0 fully saturated rings. The van der Waals surface area contributed by atoms with Crippen molar-refractivity contribution in [1.29, 1.82) is 5.26 Å². The number of hydrazone groups is 1. The van der Waals surface area contributed by atoms with E-state index in [0.29, 0.717) is 10.8 Å². The van der Waals surface area contributed by atoms with Crippen LogP contribution in [0.3, 0.4) is 0 Å². The number of aromatic nitrogens is 1. The second kappa shape index (κ2) is 8.05. The Hall–Kier alpha value is -3.50. The number of carbonyl (C=O) groups is 1. The van der Waals surface area contributed by atoms with Crippen LogP contribution in [0.2, 0.25) is 0 Å². The van der Waals surface area contributed by atoms with Gasteiger partial charge in [-0.1, -0.05) is 48.0 Å². The van der Waals surface area contributed by atoms with Crippen molar-refractivity contribution in [2.24, 2.45) is 5.10 Å². The summed E-state index contributed by atoms with van der Waals surface area (Å²) >= 11 is 1.29. The third-order valence-corrected chi connectivity index (χ3v) is 4.22. The summed E-state index contributed by atoms with van der Waals surface area (Å²) in [6.45, 7) is 1.97. The van der Waals surface area contributed by atoms with Gasteiger partial charge < -0.3 is 0 Å². The molecule has 0 saturated heterocycles. The van der Waals surface area contributed by atoms with Gasteiger partial charge in [0.2, 0.25) is 5.71 Å². The molecule has 7 heteroatoms. The van der Waals surface area contributed by atoms with E-state index in [1.165, 1.54) is 11.3 Å². The van der Waals surface area contributed by atoms with Gasteiger partial charge >= 0.3 is 0 Å². The highest BCUT2D eigenvalue weighted by molar-refractivity contribution is 7.14. The predicted octanol–water partition coefficient (Wildman–Crippen LogP) is 4.05. The molecule has 1 amide bonds. The van der Waals surface area contributed by atoms with Crippen LogP contribution >= 0.6 is 11.3 Å². The first kappa shape index (κ1) is 17.3. The van der Waals surface area contributed by atoms with Crippen LogP contribution in [-0.4, -0.2) is 16.6 Å². The summed E-state index contributed by atoms with van der Waals surface area (Å²) in [5.74, 6) is -0.610. The summed E-state index contributed by atoms with van der Waals surface area (Å²) in [7, 11) is 0. The van der Waals surface area contributed by atoms with Crippen LogP contribution in [-0.2, 0) is 4.79 Å². The van der Waals surface area contributed by atoms with Gasteiger partial charge in [-0.2, -0.15) is 10.4 Å². The van der Waals surface area contributed by atoms with E-state index in [2.05, 4.69) is 20.8 Å². The Balaban J connectivity index is 1.68. The third kappa shape index (κ3) is 4.32. The zero-order valence-electron chi connectivity index (χ0n) is 13.9. The summed E-state index contributed by atoms with van der Waals surface area (Å²) in [6.07, 6.45) is 0. The number of anilines is 2. The Morgan fingerprint density at radius 2 is 1.88 bits per heavy atom. The van der Waals surface area contributed by atoms with Gasteiger partial charge in [0.05, 0.1) is 11.4 Å². The maximum Gasteiger partial charge on any atom is 0.288 e. The molecule has 0 bridgehead atoms. The fourth-order valence-corrected chi connectivity index (χ4v) is 2.82. The molecule has 1 aromatic heterocycles. The first-order valence-electron chi connectivity index (χ1n) is 7.78. The number of nitriles is 1. The summed E-state index contributed by atoms with van der Waals surface area (Å²) in [4.78, 5) is 16.6. The highest BCUT2D eigenvalue weighted by atomic mass is 32.1. The van der Waals surface area contributed by atoms with E-state index < -0.39 is 5.91 Å². The first-order valence-corrected chi connectivity index (χ1v) is 8.66. The minimum Gasteiger partial charge on any atom is -0.296 e. The predicted molar refractivity (Wildman–Crippen MR) is 104 cm³/mol. The average Bonchev–Trinajstić information content (AvgIpc) is 3.13. The molecular formula is C19H15N5OS. The molecule has 6 nitrogen and oxygen atoms in total. The second-order valence-corrected chi connectivity index (χ2v) is 6.27. The van der Waals surface area contributed by atoms with E-state index >= 15 is 0 Å². The molecule has 128 valence electrons. The summed E-state index contributed by atoms with van der Waals surface area (Å²) in [5, 5.41) is 17.9. The van der Waals surface area contributed by atoms with Gasteiger partial charge in [-0.25, -0.2) is 4.98 Å². The normalized spacial score (nSPS) is 10.8. The highest BCUT2D eigenvalue weighted by Gasteiger charge is 2.14. The third-order valence-electron chi connectivity index (χ3n) is 3.46. The zero-order valence-corrected chi connectivity index (χ0v) is 14.7. The molecule has 2 aromatic carbocycles. The van der Waals surface area contributed by atoms with E-state index in [1.54, 1.807) is 6.07 Å². The van der Waals surface area contributed by atoms with Crippen LogP contribution in [0.15, 0.2) is 65.1 Å². The van der Waals surface area contributed by atoms with Gasteiger partial charge in [0.1, 0.15) is 6.07 Å². The fraction of sp³-hybridized carbons (Fsp3) is 0.0526. The van der Waals surface area contributed by atoms with Crippen molar-refractivity contribution in [3.05, 3.63) is 65.5 Å². The lowest BCUT2D eigenvalue weighted by molar-refractivity contribution is -0.110. The van der Waals surface area contributed by atoms with Crippen LogP contribution in [0.25, 0.3) is 11.3 Å². The standard InChI is InChI=1S/C19H15N5OS/c1-13-7-9-15(10-8-13)23-24-16(11-20)18(25)22-19-21-17(12-26-19)14-5-3-2-4-6-14/h2-10,12,23H,1H3,(H,21,22,25)/b24-16+. The van der Waals surface area contributed by atoms with Crippen molar-refractivity contribution in [1.82, 2.24) is 4.98 Å². The number of hydrogen-bond acceptors (Lipinski definition) is 6. The maximum absolute atomic E-state index is 12.2.